The van der Waals surface area contributed by atoms with Crippen LogP contribution in [-0.4, -0.2) is 48.0 Å². The standard InChI is InChI=1S/C21H19Cl2N3O3S/c1-11-10-12(2)24-20-15(11)17(18(30-20)21(28)26-6-8-29-9-7-26)25-19(27)13-4-3-5-14(22)16(13)23/h3-5,10H,6-9H2,1-2H3,(H,25,27). The summed E-state index contributed by atoms with van der Waals surface area (Å²) in [5.41, 5.74) is 2.48. The van der Waals surface area contributed by atoms with E-state index >= 15 is 0 Å². The number of nitrogens with one attached hydrogen (secondary N) is 1. The molecule has 2 aromatic heterocycles. The maximum absolute atomic E-state index is 13.3. The monoisotopic (exact) mass is 463 g/mol. The third-order valence-electron chi connectivity index (χ3n) is 4.91. The highest BCUT2D eigenvalue weighted by Gasteiger charge is 2.28. The van der Waals surface area contributed by atoms with E-state index in [1.807, 2.05) is 19.9 Å². The van der Waals surface area contributed by atoms with E-state index in [4.69, 9.17) is 27.9 Å². The van der Waals surface area contributed by atoms with Crippen molar-refractivity contribution < 1.29 is 14.3 Å². The molecule has 0 radical (unpaired) electrons. The van der Waals surface area contributed by atoms with Gasteiger partial charge in [0.1, 0.15) is 9.71 Å². The van der Waals surface area contributed by atoms with E-state index in [2.05, 4.69) is 10.3 Å². The Morgan fingerprint density at radius 1 is 1.20 bits per heavy atom. The van der Waals surface area contributed by atoms with E-state index < -0.39 is 5.91 Å². The number of aryl methyl sites for hydroxylation is 2. The number of ether oxygens (including phenoxy) is 1. The summed E-state index contributed by atoms with van der Waals surface area (Å²) < 4.78 is 5.36. The molecule has 1 fully saturated rings. The maximum atomic E-state index is 13.3. The lowest BCUT2D eigenvalue weighted by molar-refractivity contribution is 0.0307. The molecule has 156 valence electrons. The molecule has 1 aromatic carbocycles. The third kappa shape index (κ3) is 3.90. The van der Waals surface area contributed by atoms with Crippen LogP contribution >= 0.6 is 34.5 Å². The van der Waals surface area contributed by atoms with Crippen molar-refractivity contribution in [1.29, 1.82) is 0 Å². The Kier molecular flexibility index (Phi) is 5.97. The fourth-order valence-electron chi connectivity index (χ4n) is 3.48. The van der Waals surface area contributed by atoms with Crippen LogP contribution in [0.4, 0.5) is 5.69 Å². The predicted octanol–water partition coefficient (Wildman–Crippen LogP) is 4.94. The van der Waals surface area contributed by atoms with Crippen molar-refractivity contribution in [2.75, 3.05) is 31.6 Å². The number of carbonyl (C=O) groups is 2. The fraction of sp³-hybridized carbons (Fsp3) is 0.286. The highest BCUT2D eigenvalue weighted by atomic mass is 35.5. The van der Waals surface area contributed by atoms with E-state index in [9.17, 15) is 9.59 Å². The topological polar surface area (TPSA) is 71.5 Å². The summed E-state index contributed by atoms with van der Waals surface area (Å²) in [6, 6.07) is 6.80. The van der Waals surface area contributed by atoms with Crippen LogP contribution in [0.1, 0.15) is 31.3 Å². The third-order valence-corrected chi connectivity index (χ3v) is 6.81. The summed E-state index contributed by atoms with van der Waals surface area (Å²) in [7, 11) is 0. The van der Waals surface area contributed by atoms with Crippen molar-refractivity contribution in [3.05, 3.63) is 56.0 Å². The Morgan fingerprint density at radius 2 is 1.93 bits per heavy atom. The van der Waals surface area contributed by atoms with Gasteiger partial charge in [0.05, 0.1) is 34.5 Å². The fourth-order valence-corrected chi connectivity index (χ4v) is 5.09. The first-order chi connectivity index (χ1) is 14.4. The molecule has 3 aromatic rings. The highest BCUT2D eigenvalue weighted by molar-refractivity contribution is 7.21. The molecule has 1 saturated heterocycles. The number of hydrogen-bond acceptors (Lipinski definition) is 5. The van der Waals surface area contributed by atoms with Crippen LogP contribution in [0.15, 0.2) is 24.3 Å². The molecule has 0 saturated carbocycles. The number of nitrogens with zero attached hydrogens (tertiary/aromatic N) is 2. The number of rotatable bonds is 3. The number of pyridine rings is 1. The molecule has 1 aliphatic rings. The van der Waals surface area contributed by atoms with Gasteiger partial charge in [0.2, 0.25) is 0 Å². The van der Waals surface area contributed by atoms with E-state index in [-0.39, 0.29) is 21.5 Å². The van der Waals surface area contributed by atoms with E-state index in [0.29, 0.717) is 41.7 Å². The number of carbonyl (C=O) groups excluding carboxylic acids is 2. The van der Waals surface area contributed by atoms with Gasteiger partial charge in [-0.3, -0.25) is 9.59 Å². The van der Waals surface area contributed by atoms with Gasteiger partial charge in [-0.2, -0.15) is 0 Å². The SMILES string of the molecule is Cc1cc(C)c2c(NC(=O)c3cccc(Cl)c3Cl)c(C(=O)N3CCOCC3)sc2n1. The molecular formula is C21H19Cl2N3O3S. The van der Waals surface area contributed by atoms with E-state index in [1.165, 1.54) is 11.3 Å². The molecule has 0 spiro atoms. The molecular weight excluding hydrogens is 445 g/mol. The Balaban J connectivity index is 1.81. The van der Waals surface area contributed by atoms with Crippen LogP contribution in [-0.2, 0) is 4.74 Å². The van der Waals surface area contributed by atoms with Gasteiger partial charge in [-0.25, -0.2) is 4.98 Å². The summed E-state index contributed by atoms with van der Waals surface area (Å²) in [4.78, 5) is 33.8. The number of halogens is 2. The van der Waals surface area contributed by atoms with Crippen molar-refractivity contribution in [3.8, 4) is 0 Å². The van der Waals surface area contributed by atoms with Crippen molar-refractivity contribution in [2.24, 2.45) is 0 Å². The molecule has 1 N–H and O–H groups in total. The lowest BCUT2D eigenvalue weighted by atomic mass is 10.1. The predicted molar refractivity (Wildman–Crippen MR) is 120 cm³/mol. The number of amides is 2. The van der Waals surface area contributed by atoms with Gasteiger partial charge in [0, 0.05) is 24.2 Å². The van der Waals surface area contributed by atoms with Gasteiger partial charge in [-0.05, 0) is 37.6 Å². The Labute approximate surface area is 187 Å². The number of fused-ring (bicyclic) bond motifs is 1. The number of anilines is 1. The summed E-state index contributed by atoms with van der Waals surface area (Å²) in [5.74, 6) is -0.580. The summed E-state index contributed by atoms with van der Waals surface area (Å²) in [6.07, 6.45) is 0. The lowest BCUT2D eigenvalue weighted by Crippen LogP contribution is -2.40. The van der Waals surface area contributed by atoms with E-state index in [1.54, 1.807) is 23.1 Å². The van der Waals surface area contributed by atoms with Crippen LogP contribution < -0.4 is 5.32 Å². The first kappa shape index (κ1) is 21.1. The second-order valence-electron chi connectivity index (χ2n) is 7.03. The molecule has 0 aliphatic carbocycles. The molecule has 3 heterocycles. The zero-order chi connectivity index (χ0) is 21.4. The van der Waals surface area contributed by atoms with Gasteiger partial charge in [0.25, 0.3) is 11.8 Å². The summed E-state index contributed by atoms with van der Waals surface area (Å²) >= 11 is 13.6. The average Bonchev–Trinajstić information content (AvgIpc) is 3.08. The summed E-state index contributed by atoms with van der Waals surface area (Å²) in [6.45, 7) is 5.84. The molecule has 4 rings (SSSR count). The first-order valence-corrected chi connectivity index (χ1v) is 11.0. The van der Waals surface area contributed by atoms with Crippen LogP contribution in [0.2, 0.25) is 10.0 Å². The number of aromatic nitrogens is 1. The van der Waals surface area contributed by atoms with Crippen LogP contribution in [0.5, 0.6) is 0 Å². The largest absolute Gasteiger partial charge is 0.378 e. The van der Waals surface area contributed by atoms with Gasteiger partial charge in [-0.1, -0.05) is 29.3 Å². The average molecular weight is 464 g/mol. The van der Waals surface area contributed by atoms with Crippen molar-refractivity contribution >= 4 is 62.3 Å². The van der Waals surface area contributed by atoms with Crippen LogP contribution in [0.25, 0.3) is 10.2 Å². The van der Waals surface area contributed by atoms with Gasteiger partial charge in [0.15, 0.2) is 0 Å². The summed E-state index contributed by atoms with van der Waals surface area (Å²) in [5, 5.41) is 4.12. The smallest absolute Gasteiger partial charge is 0.266 e. The molecule has 9 heteroatoms. The highest BCUT2D eigenvalue weighted by Crippen LogP contribution is 2.39. The second-order valence-corrected chi connectivity index (χ2v) is 8.81. The van der Waals surface area contributed by atoms with Crippen molar-refractivity contribution in [1.82, 2.24) is 9.88 Å². The minimum Gasteiger partial charge on any atom is -0.378 e. The number of benzene rings is 1. The number of thiophene rings is 1. The van der Waals surface area contributed by atoms with Crippen LogP contribution in [0, 0.1) is 13.8 Å². The van der Waals surface area contributed by atoms with Gasteiger partial charge in [-0.15, -0.1) is 11.3 Å². The maximum Gasteiger partial charge on any atom is 0.266 e. The minimum absolute atomic E-state index is 0.147. The Hall–Kier alpha value is -2.19. The van der Waals surface area contributed by atoms with E-state index in [0.717, 1.165) is 16.6 Å². The molecule has 1 aliphatic heterocycles. The Morgan fingerprint density at radius 3 is 2.67 bits per heavy atom. The molecule has 0 atom stereocenters. The number of morpholine rings is 1. The molecule has 30 heavy (non-hydrogen) atoms. The van der Waals surface area contributed by atoms with Gasteiger partial charge < -0.3 is 15.0 Å². The molecule has 2 amide bonds. The number of hydrogen-bond donors (Lipinski definition) is 1. The van der Waals surface area contributed by atoms with Crippen LogP contribution in [0.3, 0.4) is 0 Å². The normalized spacial score (nSPS) is 14.2. The zero-order valence-electron chi connectivity index (χ0n) is 16.4. The van der Waals surface area contributed by atoms with Crippen molar-refractivity contribution in [3.63, 3.8) is 0 Å². The van der Waals surface area contributed by atoms with Crippen molar-refractivity contribution in [2.45, 2.75) is 13.8 Å². The minimum atomic E-state index is -0.432. The second kappa shape index (κ2) is 8.51. The molecule has 6 nitrogen and oxygen atoms in total. The Bertz CT molecular complexity index is 1160. The lowest BCUT2D eigenvalue weighted by Gasteiger charge is -2.26. The quantitative estimate of drug-likeness (QED) is 0.596. The van der Waals surface area contributed by atoms with Gasteiger partial charge >= 0.3 is 0 Å². The molecule has 0 bridgehead atoms. The zero-order valence-corrected chi connectivity index (χ0v) is 18.7. The first-order valence-electron chi connectivity index (χ1n) is 9.40. The molecule has 0 unspecified atom stereocenters.